The molecule has 31 heavy (non-hydrogen) atoms. The number of nitrogens with zero attached hydrogens (tertiary/aromatic N) is 1. The zero-order valence-electron chi connectivity index (χ0n) is 16.7. The summed E-state index contributed by atoms with van der Waals surface area (Å²) in [6.07, 6.45) is 1.31. The largest absolute Gasteiger partial charge is 0.294 e. The standard InChI is InChI=1S/C22H19ClFNO4S2/c1-25(18-8-10-19(11-9-18)30(2)27)31(28,29)20-5-3-4-16(12-20)22(26)13-15-6-7-17(23)14-21(15)24/h3-12,14H,13H2,1-2H3. The molecule has 0 radical (unpaired) electrons. The van der Waals surface area contributed by atoms with Crippen LogP contribution >= 0.6 is 11.6 Å². The summed E-state index contributed by atoms with van der Waals surface area (Å²) in [6.45, 7) is 0. The summed E-state index contributed by atoms with van der Waals surface area (Å²) < 4.78 is 52.7. The molecule has 0 fully saturated rings. The average Bonchev–Trinajstić information content (AvgIpc) is 2.75. The highest BCUT2D eigenvalue weighted by Crippen LogP contribution is 2.24. The van der Waals surface area contributed by atoms with Crippen LogP contribution in [0, 0.1) is 5.82 Å². The highest BCUT2D eigenvalue weighted by atomic mass is 35.5. The van der Waals surface area contributed by atoms with Crippen LogP contribution in [0.25, 0.3) is 0 Å². The first-order valence-corrected chi connectivity index (χ1v) is 12.5. The molecule has 0 amide bonds. The number of ketones is 1. The molecule has 162 valence electrons. The van der Waals surface area contributed by atoms with Crippen LogP contribution in [0.1, 0.15) is 15.9 Å². The molecule has 3 aromatic rings. The van der Waals surface area contributed by atoms with Gasteiger partial charge in [-0.2, -0.15) is 0 Å². The average molecular weight is 480 g/mol. The van der Waals surface area contributed by atoms with E-state index in [4.69, 9.17) is 11.6 Å². The predicted octanol–water partition coefficient (Wildman–Crippen LogP) is 4.47. The van der Waals surface area contributed by atoms with E-state index in [-0.39, 0.29) is 27.5 Å². The molecule has 5 nitrogen and oxygen atoms in total. The summed E-state index contributed by atoms with van der Waals surface area (Å²) >= 11 is 5.73. The second kappa shape index (κ2) is 9.30. The van der Waals surface area contributed by atoms with Gasteiger partial charge in [-0.05, 0) is 54.1 Å². The molecule has 0 heterocycles. The fraction of sp³-hybridized carbons (Fsp3) is 0.136. The molecule has 0 saturated carbocycles. The van der Waals surface area contributed by atoms with Gasteiger partial charge in [0.2, 0.25) is 0 Å². The Morgan fingerprint density at radius 1 is 1.06 bits per heavy atom. The maximum absolute atomic E-state index is 14.0. The molecule has 9 heteroatoms. The van der Waals surface area contributed by atoms with E-state index in [0.717, 1.165) is 10.4 Å². The van der Waals surface area contributed by atoms with Crippen LogP contribution in [-0.4, -0.2) is 31.7 Å². The number of benzene rings is 3. The first-order chi connectivity index (χ1) is 14.6. The molecule has 1 unspecified atom stereocenters. The third-order valence-electron chi connectivity index (χ3n) is 4.71. The SMILES string of the molecule is CN(c1ccc(S(C)=O)cc1)S(=O)(=O)c1cccc(C(=O)Cc2ccc(Cl)cc2F)c1. The van der Waals surface area contributed by atoms with Gasteiger partial charge in [0.15, 0.2) is 5.78 Å². The zero-order chi connectivity index (χ0) is 22.8. The van der Waals surface area contributed by atoms with Gasteiger partial charge in [0.05, 0.1) is 10.6 Å². The van der Waals surface area contributed by atoms with Gasteiger partial charge < -0.3 is 0 Å². The number of Topliss-reactive ketones (excluding diaryl/α,β-unsaturated/α-hetero) is 1. The van der Waals surface area contributed by atoms with Crippen molar-refractivity contribution in [2.75, 3.05) is 17.6 Å². The minimum absolute atomic E-state index is 0.0689. The summed E-state index contributed by atoms with van der Waals surface area (Å²) in [7, 11) is -3.74. The Morgan fingerprint density at radius 2 is 1.74 bits per heavy atom. The van der Waals surface area contributed by atoms with Gasteiger partial charge in [-0.1, -0.05) is 29.8 Å². The molecule has 0 saturated heterocycles. The number of carbonyl (C=O) groups is 1. The number of anilines is 1. The smallest absolute Gasteiger partial charge is 0.264 e. The predicted molar refractivity (Wildman–Crippen MR) is 120 cm³/mol. The van der Waals surface area contributed by atoms with Crippen molar-refractivity contribution in [3.63, 3.8) is 0 Å². The lowest BCUT2D eigenvalue weighted by atomic mass is 10.0. The fourth-order valence-corrected chi connectivity index (χ4v) is 4.83. The van der Waals surface area contributed by atoms with Gasteiger partial charge in [0.1, 0.15) is 5.82 Å². The zero-order valence-corrected chi connectivity index (χ0v) is 19.1. The van der Waals surface area contributed by atoms with Gasteiger partial charge in [0, 0.05) is 46.0 Å². The molecule has 0 spiro atoms. The summed E-state index contributed by atoms with van der Waals surface area (Å²) in [5, 5.41) is 0.225. The molecule has 0 aliphatic rings. The molecule has 0 aromatic heterocycles. The van der Waals surface area contributed by atoms with Crippen LogP contribution in [0.15, 0.2) is 76.5 Å². The number of sulfonamides is 1. The quantitative estimate of drug-likeness (QED) is 0.469. The Balaban J connectivity index is 1.86. The van der Waals surface area contributed by atoms with Crippen molar-refractivity contribution in [3.8, 4) is 0 Å². The van der Waals surface area contributed by atoms with Crippen LogP contribution in [0.4, 0.5) is 10.1 Å². The third-order valence-corrected chi connectivity index (χ3v) is 7.67. The molecular formula is C22H19ClFNO4S2. The van der Waals surface area contributed by atoms with Gasteiger partial charge in [-0.3, -0.25) is 13.3 Å². The summed E-state index contributed by atoms with van der Waals surface area (Å²) in [5.74, 6) is -1.02. The van der Waals surface area contributed by atoms with Crippen LogP contribution in [0.3, 0.4) is 0 Å². The number of halogens is 2. The Kier molecular flexibility index (Phi) is 6.93. The monoisotopic (exact) mass is 479 g/mol. The van der Waals surface area contributed by atoms with E-state index in [1.807, 2.05) is 0 Å². The van der Waals surface area contributed by atoms with Crippen molar-refractivity contribution < 1.29 is 21.8 Å². The maximum atomic E-state index is 14.0. The van der Waals surface area contributed by atoms with Crippen LogP contribution < -0.4 is 4.31 Å². The molecule has 3 aromatic carbocycles. The van der Waals surface area contributed by atoms with E-state index in [0.29, 0.717) is 10.6 Å². The first kappa shape index (κ1) is 23.1. The van der Waals surface area contributed by atoms with E-state index >= 15 is 0 Å². The molecule has 0 bridgehead atoms. The number of carbonyl (C=O) groups excluding carboxylic acids is 1. The van der Waals surface area contributed by atoms with Crippen molar-refractivity contribution in [1.82, 2.24) is 0 Å². The summed E-state index contributed by atoms with van der Waals surface area (Å²) in [4.78, 5) is 13.1. The van der Waals surface area contributed by atoms with Crippen molar-refractivity contribution in [3.05, 3.63) is 88.7 Å². The Bertz CT molecular complexity index is 1260. The number of hydrogen-bond acceptors (Lipinski definition) is 4. The van der Waals surface area contributed by atoms with Crippen LogP contribution in [0.2, 0.25) is 5.02 Å². The molecule has 0 aliphatic heterocycles. The van der Waals surface area contributed by atoms with Crippen molar-refractivity contribution in [2.45, 2.75) is 16.2 Å². The second-order valence-electron chi connectivity index (χ2n) is 6.78. The molecule has 0 aliphatic carbocycles. The molecule has 3 rings (SSSR count). The maximum Gasteiger partial charge on any atom is 0.264 e. The van der Waals surface area contributed by atoms with E-state index in [1.54, 1.807) is 24.3 Å². The lowest BCUT2D eigenvalue weighted by Gasteiger charge is -2.20. The van der Waals surface area contributed by atoms with Crippen LogP contribution in [-0.2, 0) is 27.2 Å². The van der Waals surface area contributed by atoms with Gasteiger partial charge in [0.25, 0.3) is 10.0 Å². The van der Waals surface area contributed by atoms with Crippen molar-refractivity contribution >= 4 is 43.9 Å². The Morgan fingerprint density at radius 3 is 2.35 bits per heavy atom. The molecule has 0 N–H and O–H groups in total. The van der Waals surface area contributed by atoms with E-state index < -0.39 is 32.4 Å². The molecule has 1 atom stereocenters. The van der Waals surface area contributed by atoms with Crippen molar-refractivity contribution in [2.24, 2.45) is 0 Å². The van der Waals surface area contributed by atoms with E-state index in [1.165, 1.54) is 49.7 Å². The van der Waals surface area contributed by atoms with Gasteiger partial charge in [-0.15, -0.1) is 0 Å². The summed E-state index contributed by atoms with van der Waals surface area (Å²) in [5.41, 5.74) is 0.711. The number of hydrogen-bond donors (Lipinski definition) is 0. The molecular weight excluding hydrogens is 461 g/mol. The highest BCUT2D eigenvalue weighted by molar-refractivity contribution is 7.92. The second-order valence-corrected chi connectivity index (χ2v) is 10.6. The van der Waals surface area contributed by atoms with Gasteiger partial charge in [-0.25, -0.2) is 12.8 Å². The Labute approximate surface area is 188 Å². The lowest BCUT2D eigenvalue weighted by Crippen LogP contribution is -2.26. The normalized spacial score (nSPS) is 12.4. The van der Waals surface area contributed by atoms with E-state index in [9.17, 15) is 21.8 Å². The third kappa shape index (κ3) is 5.20. The van der Waals surface area contributed by atoms with Crippen molar-refractivity contribution in [1.29, 1.82) is 0 Å². The van der Waals surface area contributed by atoms with Gasteiger partial charge >= 0.3 is 0 Å². The van der Waals surface area contributed by atoms with Crippen LogP contribution in [0.5, 0.6) is 0 Å². The minimum atomic E-state index is -3.95. The minimum Gasteiger partial charge on any atom is -0.294 e. The number of rotatable bonds is 7. The topological polar surface area (TPSA) is 71.5 Å². The summed E-state index contributed by atoms with van der Waals surface area (Å²) in [6, 6.07) is 16.0. The fourth-order valence-electron chi connectivity index (χ4n) is 2.91. The lowest BCUT2D eigenvalue weighted by molar-refractivity contribution is 0.0991. The highest BCUT2D eigenvalue weighted by Gasteiger charge is 2.23. The van der Waals surface area contributed by atoms with E-state index in [2.05, 4.69) is 0 Å². The first-order valence-electron chi connectivity index (χ1n) is 9.09. The Hall–Kier alpha value is -2.55.